The summed E-state index contributed by atoms with van der Waals surface area (Å²) < 4.78 is 36.7. The van der Waals surface area contributed by atoms with Crippen LogP contribution in [0.25, 0.3) is 11.0 Å². The van der Waals surface area contributed by atoms with Crippen LogP contribution >= 0.6 is 11.7 Å². The number of rotatable bonds is 4. The summed E-state index contributed by atoms with van der Waals surface area (Å²) in [5.74, 6) is -0.295. The monoisotopic (exact) mass is 444 g/mol. The number of anilines is 1. The van der Waals surface area contributed by atoms with Crippen molar-refractivity contribution in [2.45, 2.75) is 51.0 Å². The predicted octanol–water partition coefficient (Wildman–Crippen LogP) is 3.80. The molecular formula is C21H24N4O3S2. The number of aromatic nitrogens is 2. The molecule has 7 nitrogen and oxygen atoms in total. The molecule has 1 atom stereocenters. The van der Waals surface area contributed by atoms with E-state index in [4.69, 9.17) is 0 Å². The van der Waals surface area contributed by atoms with Crippen LogP contribution in [0.1, 0.15) is 36.0 Å². The molecule has 1 aliphatic heterocycles. The van der Waals surface area contributed by atoms with E-state index in [-0.39, 0.29) is 10.8 Å². The van der Waals surface area contributed by atoms with Crippen LogP contribution in [0.15, 0.2) is 35.2 Å². The Morgan fingerprint density at radius 1 is 1.13 bits per heavy atom. The fourth-order valence-corrected chi connectivity index (χ4v) is 6.57. The SMILES string of the molecule is Cc1cc(C)c(NC(=O)[C@@H]2CCCCN2S(=O)(=O)c2cccc3nsnc23)c(C)c1. The number of fused-ring (bicyclic) bond motifs is 1. The van der Waals surface area contributed by atoms with E-state index >= 15 is 0 Å². The lowest BCUT2D eigenvalue weighted by atomic mass is 10.0. The molecule has 30 heavy (non-hydrogen) atoms. The van der Waals surface area contributed by atoms with Crippen LogP contribution in [0.3, 0.4) is 0 Å². The van der Waals surface area contributed by atoms with Gasteiger partial charge in [0.15, 0.2) is 0 Å². The minimum absolute atomic E-state index is 0.108. The Labute approximate surface area is 180 Å². The third-order valence-electron chi connectivity index (χ3n) is 5.52. The van der Waals surface area contributed by atoms with Gasteiger partial charge in [0, 0.05) is 12.2 Å². The molecule has 0 unspecified atom stereocenters. The molecule has 4 rings (SSSR count). The number of nitrogens with zero attached hydrogens (tertiary/aromatic N) is 3. The highest BCUT2D eigenvalue weighted by Crippen LogP contribution is 2.30. The zero-order valence-electron chi connectivity index (χ0n) is 17.2. The number of sulfonamides is 1. The molecule has 1 aliphatic rings. The molecule has 1 saturated heterocycles. The van der Waals surface area contributed by atoms with E-state index in [1.807, 2.05) is 32.9 Å². The maximum absolute atomic E-state index is 13.5. The average Bonchev–Trinajstić information content (AvgIpc) is 3.19. The third kappa shape index (κ3) is 3.73. The first kappa shape index (κ1) is 20.9. The van der Waals surface area contributed by atoms with Gasteiger partial charge in [-0.2, -0.15) is 13.1 Å². The second kappa shape index (κ2) is 8.05. The van der Waals surface area contributed by atoms with E-state index < -0.39 is 16.1 Å². The predicted molar refractivity (Wildman–Crippen MR) is 118 cm³/mol. The van der Waals surface area contributed by atoms with Crippen LogP contribution < -0.4 is 5.32 Å². The summed E-state index contributed by atoms with van der Waals surface area (Å²) in [4.78, 5) is 13.3. The van der Waals surface area contributed by atoms with Crippen molar-refractivity contribution in [1.82, 2.24) is 13.1 Å². The lowest BCUT2D eigenvalue weighted by Gasteiger charge is -2.34. The molecule has 1 fully saturated rings. The normalized spacial score (nSPS) is 17.9. The Morgan fingerprint density at radius 2 is 1.87 bits per heavy atom. The molecule has 158 valence electrons. The molecule has 2 aromatic carbocycles. The van der Waals surface area contributed by atoms with Gasteiger partial charge in [-0.3, -0.25) is 4.79 Å². The first-order chi connectivity index (χ1) is 14.3. The molecule has 1 N–H and O–H groups in total. The smallest absolute Gasteiger partial charge is 0.246 e. The summed E-state index contributed by atoms with van der Waals surface area (Å²) in [5.41, 5.74) is 4.70. The van der Waals surface area contributed by atoms with Crippen LogP contribution in [-0.4, -0.2) is 40.0 Å². The van der Waals surface area contributed by atoms with E-state index in [0.29, 0.717) is 24.0 Å². The van der Waals surface area contributed by atoms with Crippen molar-refractivity contribution in [1.29, 1.82) is 0 Å². The van der Waals surface area contributed by atoms with Gasteiger partial charge in [-0.15, -0.1) is 0 Å². The van der Waals surface area contributed by atoms with Gasteiger partial charge in [0.1, 0.15) is 22.0 Å². The quantitative estimate of drug-likeness (QED) is 0.661. The van der Waals surface area contributed by atoms with Crippen LogP contribution in [-0.2, 0) is 14.8 Å². The summed E-state index contributed by atoms with van der Waals surface area (Å²) in [5, 5.41) is 2.99. The summed E-state index contributed by atoms with van der Waals surface area (Å²) >= 11 is 0.981. The van der Waals surface area contributed by atoms with Crippen molar-refractivity contribution in [3.05, 3.63) is 47.0 Å². The number of piperidine rings is 1. The zero-order valence-corrected chi connectivity index (χ0v) is 18.8. The number of amides is 1. The molecule has 9 heteroatoms. The topological polar surface area (TPSA) is 92.3 Å². The molecule has 1 amide bonds. The van der Waals surface area contributed by atoms with Crippen LogP contribution in [0.5, 0.6) is 0 Å². The Hall–Kier alpha value is -2.36. The Balaban J connectivity index is 1.68. The third-order valence-corrected chi connectivity index (χ3v) is 8.00. The Kier molecular flexibility index (Phi) is 5.61. The molecular weight excluding hydrogens is 420 g/mol. The molecule has 0 radical (unpaired) electrons. The molecule has 0 aliphatic carbocycles. The number of hydrogen-bond donors (Lipinski definition) is 1. The highest BCUT2D eigenvalue weighted by Gasteiger charge is 2.39. The standard InChI is InChI=1S/C21H24N4O3S2/c1-13-11-14(2)19(15(3)12-13)22-21(26)17-8-4-5-10-25(17)30(27,28)18-9-6-7-16-20(18)24-29-23-16/h6-7,9,11-12,17H,4-5,8,10H2,1-3H3,(H,22,26)/t17-/m0/s1. The van der Waals surface area contributed by atoms with E-state index in [9.17, 15) is 13.2 Å². The number of benzene rings is 2. The van der Waals surface area contributed by atoms with E-state index in [0.717, 1.165) is 46.9 Å². The minimum atomic E-state index is -3.90. The van der Waals surface area contributed by atoms with Crippen molar-refractivity contribution in [2.24, 2.45) is 0 Å². The van der Waals surface area contributed by atoms with Crippen LogP contribution in [0.4, 0.5) is 5.69 Å². The molecule has 0 saturated carbocycles. The van der Waals surface area contributed by atoms with Crippen LogP contribution in [0, 0.1) is 20.8 Å². The minimum Gasteiger partial charge on any atom is -0.324 e. The van der Waals surface area contributed by atoms with Gasteiger partial charge in [-0.1, -0.05) is 30.2 Å². The van der Waals surface area contributed by atoms with Gasteiger partial charge in [0.25, 0.3) is 0 Å². The maximum atomic E-state index is 13.5. The number of nitrogens with one attached hydrogen (secondary N) is 1. The van der Waals surface area contributed by atoms with Crippen molar-refractivity contribution in [3.63, 3.8) is 0 Å². The Bertz CT molecular complexity index is 1200. The molecule has 0 spiro atoms. The second-order valence-electron chi connectivity index (χ2n) is 7.78. The second-order valence-corrected chi connectivity index (χ2v) is 10.2. The summed E-state index contributed by atoms with van der Waals surface area (Å²) in [6.07, 6.45) is 2.01. The van der Waals surface area contributed by atoms with Gasteiger partial charge in [-0.25, -0.2) is 8.42 Å². The Morgan fingerprint density at radius 3 is 2.60 bits per heavy atom. The number of carbonyl (C=O) groups excluding carboxylic acids is 1. The summed E-state index contributed by atoms with van der Waals surface area (Å²) in [6.45, 7) is 6.21. The summed E-state index contributed by atoms with van der Waals surface area (Å²) in [7, 11) is -3.90. The molecule has 1 aromatic heterocycles. The van der Waals surface area contributed by atoms with E-state index in [2.05, 4.69) is 14.1 Å². The van der Waals surface area contributed by atoms with E-state index in [1.165, 1.54) is 10.4 Å². The van der Waals surface area contributed by atoms with Gasteiger partial charge >= 0.3 is 0 Å². The lowest BCUT2D eigenvalue weighted by Crippen LogP contribution is -2.50. The zero-order chi connectivity index (χ0) is 21.5. The van der Waals surface area contributed by atoms with Crippen LogP contribution in [0.2, 0.25) is 0 Å². The molecule has 0 bridgehead atoms. The van der Waals surface area contributed by atoms with Gasteiger partial charge in [0.05, 0.1) is 11.7 Å². The number of carbonyl (C=O) groups is 1. The van der Waals surface area contributed by atoms with Crippen molar-refractivity contribution in [3.8, 4) is 0 Å². The molecule has 2 heterocycles. The fourth-order valence-electron chi connectivity index (χ4n) is 4.15. The fraction of sp³-hybridized carbons (Fsp3) is 0.381. The average molecular weight is 445 g/mol. The van der Waals surface area contributed by atoms with Gasteiger partial charge in [0.2, 0.25) is 15.9 Å². The summed E-state index contributed by atoms with van der Waals surface area (Å²) in [6, 6.07) is 8.19. The first-order valence-electron chi connectivity index (χ1n) is 9.91. The number of aryl methyl sites for hydroxylation is 3. The van der Waals surface area contributed by atoms with Crippen molar-refractivity contribution < 1.29 is 13.2 Å². The maximum Gasteiger partial charge on any atom is 0.246 e. The lowest BCUT2D eigenvalue weighted by molar-refractivity contribution is -0.120. The van der Waals surface area contributed by atoms with Crippen molar-refractivity contribution >= 4 is 44.4 Å². The van der Waals surface area contributed by atoms with E-state index in [1.54, 1.807) is 12.1 Å². The molecule has 3 aromatic rings. The largest absolute Gasteiger partial charge is 0.324 e. The highest BCUT2D eigenvalue weighted by atomic mass is 32.2. The van der Waals surface area contributed by atoms with Gasteiger partial charge < -0.3 is 5.32 Å². The highest BCUT2D eigenvalue weighted by molar-refractivity contribution is 7.89. The van der Waals surface area contributed by atoms with Gasteiger partial charge in [-0.05, 0) is 56.9 Å². The first-order valence-corrected chi connectivity index (χ1v) is 12.1. The number of hydrogen-bond acceptors (Lipinski definition) is 6. The van der Waals surface area contributed by atoms with Crippen molar-refractivity contribution in [2.75, 3.05) is 11.9 Å².